The standard InChI is InChI=1S/C13H12.C8H10O.2C8H10.C7H7Cl.C7H8O.C7H8/c1-11-7-9-13(10-8-11)12-5-3-2-4-6-12;1-7-3-5-8(9-2)6-4-7;2*1-7-3-5-8(2)6-4-7;2*1-6-2-4-7(8)5-3-6;1-7-5-3-2-4-6-7/h2-10H,1H3;3-6H,1-2H3;2*3-6H,1-2H3;2-5H,1H3;2-5,8H,1H3;2-6H,1H3. The van der Waals surface area contributed by atoms with E-state index in [1.54, 1.807) is 19.2 Å². The quantitative estimate of drug-likeness (QED) is 0.188. The summed E-state index contributed by atoms with van der Waals surface area (Å²) in [5.41, 5.74) is 14.2. The van der Waals surface area contributed by atoms with Crippen molar-refractivity contribution in [3.63, 3.8) is 0 Å². The highest BCUT2D eigenvalue weighted by Gasteiger charge is 1.94. The van der Waals surface area contributed by atoms with Crippen molar-refractivity contribution in [1.29, 1.82) is 0 Å². The lowest BCUT2D eigenvalue weighted by molar-refractivity contribution is 0.414. The van der Waals surface area contributed by atoms with E-state index in [1.165, 1.54) is 61.2 Å². The summed E-state index contributed by atoms with van der Waals surface area (Å²) in [4.78, 5) is 0. The fourth-order valence-electron chi connectivity index (χ4n) is 4.94. The number of ether oxygens (including phenoxy) is 1. The molecule has 8 aromatic rings. The van der Waals surface area contributed by atoms with Crippen LogP contribution in [0.1, 0.15) is 50.1 Å². The van der Waals surface area contributed by atoms with Crippen LogP contribution in [0, 0.1) is 62.3 Å². The first-order valence-corrected chi connectivity index (χ1v) is 20.9. The van der Waals surface area contributed by atoms with Crippen molar-refractivity contribution < 1.29 is 9.84 Å². The number of phenols is 1. The first-order chi connectivity index (χ1) is 29.2. The van der Waals surface area contributed by atoms with Gasteiger partial charge >= 0.3 is 0 Å². The molecule has 0 unspecified atom stereocenters. The molecule has 0 bridgehead atoms. The third-order valence-electron chi connectivity index (χ3n) is 8.84. The van der Waals surface area contributed by atoms with E-state index >= 15 is 0 Å². The van der Waals surface area contributed by atoms with E-state index < -0.39 is 0 Å². The second-order valence-electron chi connectivity index (χ2n) is 14.8. The predicted octanol–water partition coefficient (Wildman–Crippen LogP) is 16.6. The number of methoxy groups -OCH3 is 1. The molecule has 0 radical (unpaired) electrons. The van der Waals surface area contributed by atoms with Crippen molar-refractivity contribution in [2.45, 2.75) is 62.3 Å². The average molecular weight is 830 g/mol. The van der Waals surface area contributed by atoms with Gasteiger partial charge in [0.15, 0.2) is 0 Å². The van der Waals surface area contributed by atoms with Gasteiger partial charge in [0, 0.05) is 5.02 Å². The minimum atomic E-state index is 0.329. The maximum absolute atomic E-state index is 8.76. The lowest BCUT2D eigenvalue weighted by atomic mass is 10.0. The molecule has 8 rings (SSSR count). The Balaban J connectivity index is 0.000000248. The molecule has 0 spiro atoms. The molecule has 8 aromatic carbocycles. The molecule has 0 aliphatic carbocycles. The molecule has 316 valence electrons. The van der Waals surface area contributed by atoms with Crippen LogP contribution < -0.4 is 4.74 Å². The van der Waals surface area contributed by atoms with Crippen molar-refractivity contribution >= 4 is 11.6 Å². The lowest BCUT2D eigenvalue weighted by Crippen LogP contribution is -1.80. The fraction of sp³-hybridized carbons (Fsp3) is 0.172. The van der Waals surface area contributed by atoms with Crippen LogP contribution in [0.25, 0.3) is 11.1 Å². The maximum Gasteiger partial charge on any atom is 0.118 e. The Hall–Kier alpha value is -6.35. The van der Waals surface area contributed by atoms with Gasteiger partial charge in [-0.3, -0.25) is 0 Å². The van der Waals surface area contributed by atoms with E-state index in [0.717, 1.165) is 10.8 Å². The first kappa shape index (κ1) is 50.8. The summed E-state index contributed by atoms with van der Waals surface area (Å²) in [5.74, 6) is 1.25. The van der Waals surface area contributed by atoms with Gasteiger partial charge in [0.2, 0.25) is 0 Å². The molecule has 3 heteroatoms. The minimum absolute atomic E-state index is 0.329. The van der Waals surface area contributed by atoms with E-state index in [2.05, 4.69) is 158 Å². The fourth-order valence-corrected chi connectivity index (χ4v) is 5.06. The average Bonchev–Trinajstić information content (AvgIpc) is 3.27. The van der Waals surface area contributed by atoms with E-state index in [1.807, 2.05) is 98.8 Å². The summed E-state index contributed by atoms with van der Waals surface area (Å²) in [6.45, 7) is 18.7. The summed E-state index contributed by atoms with van der Waals surface area (Å²) < 4.78 is 4.97. The highest BCUT2D eigenvalue weighted by molar-refractivity contribution is 6.30. The molecule has 0 saturated carbocycles. The first-order valence-electron chi connectivity index (χ1n) is 20.5. The monoisotopic (exact) mass is 828 g/mol. The highest BCUT2D eigenvalue weighted by atomic mass is 35.5. The van der Waals surface area contributed by atoms with Crippen LogP contribution in [0.4, 0.5) is 0 Å². The normalized spacial score (nSPS) is 9.30. The SMILES string of the molecule is COc1ccc(C)cc1.Cc1ccc(-c2ccccc2)cc1.Cc1ccc(C)cc1.Cc1ccc(C)cc1.Cc1ccc(Cl)cc1.Cc1ccc(O)cc1.Cc1ccccc1. The lowest BCUT2D eigenvalue weighted by Gasteiger charge is -2.00. The van der Waals surface area contributed by atoms with Gasteiger partial charge in [-0.25, -0.2) is 0 Å². The summed E-state index contributed by atoms with van der Waals surface area (Å²) in [6.07, 6.45) is 0. The molecule has 1 N–H and O–H groups in total. The van der Waals surface area contributed by atoms with Crippen LogP contribution in [0.15, 0.2) is 206 Å². The number of phenolic OH excluding ortho intramolecular Hbond substituents is 1. The van der Waals surface area contributed by atoms with Crippen LogP contribution in [0.5, 0.6) is 11.5 Å². The number of halogens is 1. The van der Waals surface area contributed by atoms with Gasteiger partial charge in [0.1, 0.15) is 11.5 Å². The second-order valence-corrected chi connectivity index (χ2v) is 15.3. The molecule has 0 aliphatic rings. The highest BCUT2D eigenvalue weighted by Crippen LogP contribution is 2.18. The Kier molecular flexibility index (Phi) is 24.8. The number of benzene rings is 8. The zero-order valence-corrected chi connectivity index (χ0v) is 38.6. The molecule has 61 heavy (non-hydrogen) atoms. The molecule has 0 amide bonds. The number of aryl methyl sites for hydroxylation is 9. The molecule has 2 nitrogen and oxygen atoms in total. The van der Waals surface area contributed by atoms with Crippen molar-refractivity contribution in [3.8, 4) is 22.6 Å². The summed E-state index contributed by atoms with van der Waals surface area (Å²) in [5, 5.41) is 9.56. The molecule has 0 aliphatic heterocycles. The van der Waals surface area contributed by atoms with Crippen molar-refractivity contribution in [2.75, 3.05) is 7.11 Å². The van der Waals surface area contributed by atoms with E-state index in [-0.39, 0.29) is 0 Å². The topological polar surface area (TPSA) is 29.5 Å². The van der Waals surface area contributed by atoms with Crippen LogP contribution in [-0.4, -0.2) is 12.2 Å². The molecule has 0 atom stereocenters. The summed E-state index contributed by atoms with van der Waals surface area (Å²) in [6, 6.07) is 69.1. The predicted molar refractivity (Wildman–Crippen MR) is 266 cm³/mol. The Morgan fingerprint density at radius 1 is 0.295 bits per heavy atom. The third-order valence-corrected chi connectivity index (χ3v) is 9.09. The Morgan fingerprint density at radius 2 is 0.541 bits per heavy atom. The van der Waals surface area contributed by atoms with Crippen LogP contribution in [0.2, 0.25) is 5.02 Å². The number of hydrogen-bond acceptors (Lipinski definition) is 2. The number of rotatable bonds is 2. The van der Waals surface area contributed by atoms with Gasteiger partial charge in [-0.1, -0.05) is 232 Å². The molecule has 0 saturated heterocycles. The molecule has 0 fully saturated rings. The van der Waals surface area contributed by atoms with Crippen molar-refractivity contribution in [2.24, 2.45) is 0 Å². The zero-order chi connectivity index (χ0) is 44.8. The van der Waals surface area contributed by atoms with E-state index in [9.17, 15) is 0 Å². The number of hydrogen-bond donors (Lipinski definition) is 1. The summed E-state index contributed by atoms with van der Waals surface area (Å²) in [7, 11) is 1.67. The second kappa shape index (κ2) is 29.8. The Labute approximate surface area is 373 Å². The van der Waals surface area contributed by atoms with Gasteiger partial charge in [-0.15, -0.1) is 0 Å². The zero-order valence-electron chi connectivity index (χ0n) is 37.9. The van der Waals surface area contributed by atoms with Gasteiger partial charge in [-0.2, -0.15) is 0 Å². The molecule has 0 heterocycles. The Morgan fingerprint density at radius 3 is 0.820 bits per heavy atom. The van der Waals surface area contributed by atoms with Crippen LogP contribution in [0.3, 0.4) is 0 Å². The smallest absolute Gasteiger partial charge is 0.118 e. The van der Waals surface area contributed by atoms with E-state index in [4.69, 9.17) is 21.4 Å². The Bertz CT molecular complexity index is 2010. The van der Waals surface area contributed by atoms with Crippen LogP contribution in [-0.2, 0) is 0 Å². The van der Waals surface area contributed by atoms with Crippen molar-refractivity contribution in [1.82, 2.24) is 0 Å². The summed E-state index contributed by atoms with van der Waals surface area (Å²) >= 11 is 5.61. The van der Waals surface area contributed by atoms with E-state index in [0.29, 0.717) is 5.75 Å². The maximum atomic E-state index is 8.76. The van der Waals surface area contributed by atoms with Gasteiger partial charge in [-0.05, 0) is 110 Å². The van der Waals surface area contributed by atoms with Gasteiger partial charge in [0.25, 0.3) is 0 Å². The van der Waals surface area contributed by atoms with Gasteiger partial charge < -0.3 is 9.84 Å². The minimum Gasteiger partial charge on any atom is -0.508 e. The molecular formula is C58H65ClO2. The number of aromatic hydroxyl groups is 1. The van der Waals surface area contributed by atoms with Crippen LogP contribution >= 0.6 is 11.6 Å². The molecular weight excluding hydrogens is 764 g/mol. The largest absolute Gasteiger partial charge is 0.508 e. The third kappa shape index (κ3) is 25.0. The molecule has 0 aromatic heterocycles. The van der Waals surface area contributed by atoms with Gasteiger partial charge in [0.05, 0.1) is 7.11 Å². The van der Waals surface area contributed by atoms with Crippen molar-refractivity contribution in [3.05, 3.63) is 261 Å².